The van der Waals surface area contributed by atoms with Gasteiger partial charge in [-0.2, -0.15) is 0 Å². The van der Waals surface area contributed by atoms with Crippen LogP contribution in [0, 0.1) is 5.82 Å². The molecule has 0 aliphatic carbocycles. The lowest BCUT2D eigenvalue weighted by Gasteiger charge is -1.98. The molecule has 0 unspecified atom stereocenters. The van der Waals surface area contributed by atoms with Crippen molar-refractivity contribution >= 4 is 22.6 Å². The molecule has 0 aliphatic rings. The number of nitrogens with two attached hydrogens (primary N) is 1. The number of fused-ring (bicyclic) bond motifs is 1. The van der Waals surface area contributed by atoms with Gasteiger partial charge in [0.2, 0.25) is 0 Å². The van der Waals surface area contributed by atoms with Crippen molar-refractivity contribution < 1.29 is 14.3 Å². The summed E-state index contributed by atoms with van der Waals surface area (Å²) in [4.78, 5) is 36.9. The Morgan fingerprint density at radius 3 is 2.43 bits per heavy atom. The Morgan fingerprint density at radius 1 is 1.09 bits per heavy atom. The van der Waals surface area contributed by atoms with Crippen LogP contribution in [0.1, 0.15) is 10.4 Å². The minimum atomic E-state index is -1.15. The summed E-state index contributed by atoms with van der Waals surface area (Å²) in [7, 11) is 0. The first-order chi connectivity index (χ1) is 10.9. The first-order valence-electron chi connectivity index (χ1n) is 6.38. The molecule has 0 saturated heterocycles. The van der Waals surface area contributed by atoms with Crippen molar-refractivity contribution in [2.24, 2.45) is 0 Å². The molecular weight excluding hydrogens is 305 g/mol. The molecule has 5 N–H and O–H groups in total. The van der Waals surface area contributed by atoms with Gasteiger partial charge in [-0.1, -0.05) is 12.1 Å². The Bertz CT molecular complexity index is 978. The van der Waals surface area contributed by atoms with E-state index in [1.165, 1.54) is 0 Å². The van der Waals surface area contributed by atoms with Crippen molar-refractivity contribution in [2.75, 3.05) is 5.73 Å². The van der Waals surface area contributed by atoms with E-state index in [0.717, 1.165) is 18.2 Å². The van der Waals surface area contributed by atoms with Gasteiger partial charge in [0.15, 0.2) is 0 Å². The number of aromatic amines is 2. The van der Waals surface area contributed by atoms with E-state index in [-0.39, 0.29) is 16.8 Å². The molecule has 2 aromatic carbocycles. The van der Waals surface area contributed by atoms with E-state index in [1.807, 2.05) is 0 Å². The normalized spacial score (nSPS) is 9.96. The van der Waals surface area contributed by atoms with Crippen molar-refractivity contribution in [1.29, 1.82) is 0 Å². The van der Waals surface area contributed by atoms with Crippen molar-refractivity contribution in [3.05, 3.63) is 74.7 Å². The summed E-state index contributed by atoms with van der Waals surface area (Å²) in [6.45, 7) is 0. The number of carbonyl (C=O) groups is 1. The molecule has 8 heteroatoms. The zero-order valence-electron chi connectivity index (χ0n) is 11.7. The number of hydrogen-bond donors (Lipinski definition) is 4. The summed E-state index contributed by atoms with van der Waals surface area (Å²) < 4.78 is 12.3. The Morgan fingerprint density at radius 2 is 1.78 bits per heavy atom. The molecule has 0 atom stereocenters. The van der Waals surface area contributed by atoms with E-state index < -0.39 is 17.5 Å². The average Bonchev–Trinajstić information content (AvgIpc) is 2.47. The number of nitrogen functional groups attached to an aromatic ring is 1. The number of H-pyrrole nitrogens is 2. The SMILES string of the molecule is Nc1cc(F)ccc1C(=O)O.O=c1[nH]c(=O)c2ccccc2[nH]1. The first kappa shape index (κ1) is 16.0. The largest absolute Gasteiger partial charge is 0.478 e. The van der Waals surface area contributed by atoms with Crippen LogP contribution in [0.4, 0.5) is 10.1 Å². The monoisotopic (exact) mass is 317 g/mol. The highest BCUT2D eigenvalue weighted by atomic mass is 19.1. The molecule has 7 nitrogen and oxygen atoms in total. The highest BCUT2D eigenvalue weighted by Gasteiger charge is 2.06. The topological polar surface area (TPSA) is 129 Å². The van der Waals surface area contributed by atoms with E-state index in [9.17, 15) is 18.8 Å². The van der Waals surface area contributed by atoms with E-state index in [0.29, 0.717) is 10.9 Å². The number of halogens is 1. The van der Waals surface area contributed by atoms with Crippen molar-refractivity contribution in [3.63, 3.8) is 0 Å². The highest BCUT2D eigenvalue weighted by Crippen LogP contribution is 2.12. The highest BCUT2D eigenvalue weighted by molar-refractivity contribution is 5.93. The second-order valence-corrected chi connectivity index (χ2v) is 4.49. The van der Waals surface area contributed by atoms with Crippen molar-refractivity contribution in [2.45, 2.75) is 0 Å². The van der Waals surface area contributed by atoms with E-state index in [2.05, 4.69) is 9.97 Å². The number of aromatic carboxylic acids is 1. The molecule has 0 saturated carbocycles. The van der Waals surface area contributed by atoms with Crippen LogP contribution in [0.5, 0.6) is 0 Å². The first-order valence-corrected chi connectivity index (χ1v) is 6.38. The van der Waals surface area contributed by atoms with Crippen LogP contribution in [-0.2, 0) is 0 Å². The summed E-state index contributed by atoms with van der Waals surface area (Å²) in [6, 6.07) is 10.0. The summed E-state index contributed by atoms with van der Waals surface area (Å²) in [5.41, 5.74) is 4.80. The maximum Gasteiger partial charge on any atom is 0.337 e. The van der Waals surface area contributed by atoms with Gasteiger partial charge in [0.05, 0.1) is 16.5 Å². The molecule has 1 heterocycles. The Hall–Kier alpha value is -3.42. The lowest BCUT2D eigenvalue weighted by molar-refractivity contribution is 0.0698. The summed E-state index contributed by atoms with van der Waals surface area (Å²) in [5.74, 6) is -1.69. The van der Waals surface area contributed by atoms with E-state index in [4.69, 9.17) is 10.8 Å². The number of carboxylic acid groups (broad SMARTS) is 1. The van der Waals surface area contributed by atoms with Gasteiger partial charge in [0, 0.05) is 5.69 Å². The molecular formula is C15H12FN3O4. The third-order valence-electron chi connectivity index (χ3n) is 2.89. The predicted molar refractivity (Wildman–Crippen MR) is 83.0 cm³/mol. The number of hydrogen-bond acceptors (Lipinski definition) is 4. The van der Waals surface area contributed by atoms with Crippen LogP contribution in [0.3, 0.4) is 0 Å². The molecule has 0 amide bonds. The number of para-hydroxylation sites is 1. The minimum Gasteiger partial charge on any atom is -0.478 e. The van der Waals surface area contributed by atoms with Crippen LogP contribution in [0.15, 0.2) is 52.1 Å². The quantitative estimate of drug-likeness (QED) is 0.503. The summed E-state index contributed by atoms with van der Waals surface area (Å²) >= 11 is 0. The summed E-state index contributed by atoms with van der Waals surface area (Å²) in [5, 5.41) is 8.95. The number of benzene rings is 2. The molecule has 3 rings (SSSR count). The minimum absolute atomic E-state index is 0.0579. The number of carboxylic acids is 1. The second-order valence-electron chi connectivity index (χ2n) is 4.49. The Kier molecular flexibility index (Phi) is 4.55. The van der Waals surface area contributed by atoms with Crippen LogP contribution < -0.4 is 17.0 Å². The lowest BCUT2D eigenvalue weighted by atomic mass is 10.2. The van der Waals surface area contributed by atoms with Gasteiger partial charge in [-0.05, 0) is 30.3 Å². The molecule has 0 spiro atoms. The molecule has 23 heavy (non-hydrogen) atoms. The fourth-order valence-electron chi connectivity index (χ4n) is 1.84. The Labute approximate surface area is 128 Å². The van der Waals surface area contributed by atoms with Gasteiger partial charge < -0.3 is 15.8 Å². The molecule has 0 bridgehead atoms. The zero-order valence-corrected chi connectivity index (χ0v) is 11.7. The average molecular weight is 317 g/mol. The molecule has 0 fully saturated rings. The maximum absolute atomic E-state index is 12.3. The zero-order chi connectivity index (χ0) is 17.0. The van der Waals surface area contributed by atoms with Gasteiger partial charge in [-0.15, -0.1) is 0 Å². The third-order valence-corrected chi connectivity index (χ3v) is 2.89. The second kappa shape index (κ2) is 6.56. The molecule has 0 aliphatic heterocycles. The third kappa shape index (κ3) is 3.82. The maximum atomic E-state index is 12.3. The predicted octanol–water partition coefficient (Wildman–Crippen LogP) is 1.32. The number of rotatable bonds is 1. The van der Waals surface area contributed by atoms with Crippen LogP contribution in [0.2, 0.25) is 0 Å². The van der Waals surface area contributed by atoms with Gasteiger partial charge in [0.1, 0.15) is 5.82 Å². The van der Waals surface area contributed by atoms with Crippen molar-refractivity contribution in [1.82, 2.24) is 9.97 Å². The van der Waals surface area contributed by atoms with Crippen LogP contribution in [0.25, 0.3) is 10.9 Å². The number of aromatic nitrogens is 2. The van der Waals surface area contributed by atoms with Gasteiger partial charge in [0.25, 0.3) is 5.56 Å². The van der Waals surface area contributed by atoms with Gasteiger partial charge in [-0.25, -0.2) is 14.0 Å². The van der Waals surface area contributed by atoms with Crippen LogP contribution >= 0.6 is 0 Å². The van der Waals surface area contributed by atoms with E-state index in [1.54, 1.807) is 24.3 Å². The molecule has 3 aromatic rings. The number of nitrogens with one attached hydrogen (secondary N) is 2. The molecule has 1 aromatic heterocycles. The van der Waals surface area contributed by atoms with E-state index >= 15 is 0 Å². The van der Waals surface area contributed by atoms with Gasteiger partial charge >= 0.3 is 11.7 Å². The fourth-order valence-corrected chi connectivity index (χ4v) is 1.84. The smallest absolute Gasteiger partial charge is 0.337 e. The lowest BCUT2D eigenvalue weighted by Crippen LogP contribution is -2.21. The van der Waals surface area contributed by atoms with Gasteiger partial charge in [-0.3, -0.25) is 9.78 Å². The molecule has 0 radical (unpaired) electrons. The Balaban J connectivity index is 0.000000168. The number of anilines is 1. The van der Waals surface area contributed by atoms with Crippen LogP contribution in [-0.4, -0.2) is 21.0 Å². The van der Waals surface area contributed by atoms with Crippen molar-refractivity contribution in [3.8, 4) is 0 Å². The summed E-state index contributed by atoms with van der Waals surface area (Å²) in [6.07, 6.45) is 0. The molecule has 118 valence electrons. The standard InChI is InChI=1S/C8H6N2O2.C7H6FNO2/c11-7-5-3-1-2-4-6(5)9-8(12)10-7;8-4-1-2-5(7(10)11)6(9)3-4/h1-4H,(H2,9,10,11,12);1-3H,9H2,(H,10,11). The fraction of sp³-hybridized carbons (Fsp3) is 0.